The van der Waals surface area contributed by atoms with Crippen LogP contribution in [0.3, 0.4) is 0 Å². The van der Waals surface area contributed by atoms with Gasteiger partial charge in [-0.05, 0) is 55.7 Å². The van der Waals surface area contributed by atoms with Crippen molar-refractivity contribution in [2.24, 2.45) is 0 Å². The first kappa shape index (κ1) is 31.5. The maximum absolute atomic E-state index is 13.6. The highest BCUT2D eigenvalue weighted by Crippen LogP contribution is 2.37. The van der Waals surface area contributed by atoms with Crippen molar-refractivity contribution in [2.75, 3.05) is 18.4 Å². The first-order chi connectivity index (χ1) is 20.2. The molecule has 12 heteroatoms. The van der Waals surface area contributed by atoms with Crippen molar-refractivity contribution in [3.8, 4) is 0 Å². The highest BCUT2D eigenvalue weighted by atomic mass is 19.4. The highest BCUT2D eigenvalue weighted by molar-refractivity contribution is 5.93. The highest BCUT2D eigenvalue weighted by Gasteiger charge is 2.37. The van der Waals surface area contributed by atoms with Crippen LogP contribution in [0, 0.1) is 0 Å². The number of carbonyl (C=O) groups excluding carboxylic acids is 2. The van der Waals surface area contributed by atoms with Crippen LogP contribution in [-0.4, -0.2) is 45.9 Å². The standard InChI is InChI=1S/C31H30F6N4O2/c1-20(2)41(29(43)39-25-15-23(30(32,33)34)14-24(16-25)31(35,36)37)19-28(42)40(18-21-8-4-3-5-9-21)13-12-22-17-38-27-11-7-6-10-26(22)27/h3-11,14-17,20,38H,12-13,18-19H2,1-2H3,(H,39,43). The molecule has 6 nitrogen and oxygen atoms in total. The van der Waals surface area contributed by atoms with Gasteiger partial charge in [0.25, 0.3) is 0 Å². The molecule has 0 aliphatic carbocycles. The Morgan fingerprint density at radius 1 is 0.860 bits per heavy atom. The van der Waals surface area contributed by atoms with Crippen LogP contribution in [0.2, 0.25) is 0 Å². The number of hydrogen-bond acceptors (Lipinski definition) is 2. The van der Waals surface area contributed by atoms with Crippen molar-refractivity contribution in [2.45, 2.75) is 45.2 Å². The van der Waals surface area contributed by atoms with E-state index in [9.17, 15) is 35.9 Å². The lowest BCUT2D eigenvalue weighted by molar-refractivity contribution is -0.143. The topological polar surface area (TPSA) is 68.4 Å². The number of rotatable bonds is 9. The van der Waals surface area contributed by atoms with Crippen molar-refractivity contribution >= 4 is 28.5 Å². The summed E-state index contributed by atoms with van der Waals surface area (Å²) in [5, 5.41) is 3.14. The Balaban J connectivity index is 1.55. The first-order valence-corrected chi connectivity index (χ1v) is 13.5. The molecule has 1 heterocycles. The third kappa shape index (κ3) is 8.08. The van der Waals surface area contributed by atoms with E-state index in [1.54, 1.807) is 18.7 Å². The predicted molar refractivity (Wildman–Crippen MR) is 151 cm³/mol. The Bertz CT molecular complexity index is 1530. The van der Waals surface area contributed by atoms with Crippen LogP contribution in [-0.2, 0) is 30.1 Å². The molecule has 0 aliphatic heterocycles. The fourth-order valence-corrected chi connectivity index (χ4v) is 4.65. The number of halogens is 6. The molecule has 4 rings (SSSR count). The van der Waals surface area contributed by atoms with Gasteiger partial charge in [-0.25, -0.2) is 4.79 Å². The molecule has 0 saturated carbocycles. The number of fused-ring (bicyclic) bond motifs is 1. The fraction of sp³-hybridized carbons (Fsp3) is 0.290. The van der Waals surface area contributed by atoms with Gasteiger partial charge in [-0.3, -0.25) is 4.79 Å². The molecule has 3 amide bonds. The second kappa shape index (κ2) is 12.8. The smallest absolute Gasteiger partial charge is 0.361 e. The largest absolute Gasteiger partial charge is 0.416 e. The second-order valence-electron chi connectivity index (χ2n) is 10.4. The van der Waals surface area contributed by atoms with E-state index >= 15 is 0 Å². The number of carbonyl (C=O) groups is 2. The van der Waals surface area contributed by atoms with Crippen LogP contribution in [0.5, 0.6) is 0 Å². The minimum atomic E-state index is -5.07. The number of anilines is 1. The minimum Gasteiger partial charge on any atom is -0.361 e. The van der Waals surface area contributed by atoms with Crippen molar-refractivity contribution in [1.29, 1.82) is 0 Å². The zero-order chi connectivity index (χ0) is 31.4. The van der Waals surface area contributed by atoms with Gasteiger partial charge in [0.15, 0.2) is 0 Å². The monoisotopic (exact) mass is 604 g/mol. The number of aromatic nitrogens is 1. The van der Waals surface area contributed by atoms with Crippen molar-refractivity contribution in [1.82, 2.24) is 14.8 Å². The molecular formula is C31H30F6N4O2. The molecule has 0 aliphatic rings. The van der Waals surface area contributed by atoms with Gasteiger partial charge in [0.05, 0.1) is 11.1 Å². The number of benzene rings is 3. The summed E-state index contributed by atoms with van der Waals surface area (Å²) in [5.41, 5.74) is -1.02. The molecule has 0 radical (unpaired) electrons. The Kier molecular flexibility index (Phi) is 9.37. The molecule has 1 aromatic heterocycles. The molecule has 43 heavy (non-hydrogen) atoms. The third-order valence-electron chi connectivity index (χ3n) is 6.92. The van der Waals surface area contributed by atoms with Gasteiger partial charge in [-0.15, -0.1) is 0 Å². The summed E-state index contributed by atoms with van der Waals surface area (Å²) in [7, 11) is 0. The van der Waals surface area contributed by atoms with Gasteiger partial charge in [0, 0.05) is 41.9 Å². The Labute approximate surface area is 244 Å². The summed E-state index contributed by atoms with van der Waals surface area (Å²) in [5.74, 6) is -0.437. The average Bonchev–Trinajstić information content (AvgIpc) is 3.36. The maximum Gasteiger partial charge on any atom is 0.416 e. The predicted octanol–water partition coefficient (Wildman–Crippen LogP) is 7.72. The molecule has 0 spiro atoms. The number of amides is 3. The van der Waals surface area contributed by atoms with Gasteiger partial charge in [-0.2, -0.15) is 26.3 Å². The molecule has 0 bridgehead atoms. The van der Waals surface area contributed by atoms with E-state index in [1.807, 2.05) is 60.8 Å². The van der Waals surface area contributed by atoms with Crippen LogP contribution < -0.4 is 5.32 Å². The number of aromatic amines is 1. The molecular weight excluding hydrogens is 574 g/mol. The quantitative estimate of drug-likeness (QED) is 0.192. The molecule has 2 N–H and O–H groups in total. The van der Waals surface area contributed by atoms with E-state index < -0.39 is 53.7 Å². The molecule has 0 atom stereocenters. The summed E-state index contributed by atoms with van der Waals surface area (Å²) in [6.45, 7) is 3.26. The lowest BCUT2D eigenvalue weighted by Gasteiger charge is -2.30. The van der Waals surface area contributed by atoms with Gasteiger partial charge in [-0.1, -0.05) is 48.5 Å². The Morgan fingerprint density at radius 2 is 1.47 bits per heavy atom. The van der Waals surface area contributed by atoms with Crippen LogP contribution in [0.15, 0.2) is 79.0 Å². The molecule has 228 valence electrons. The number of alkyl halides is 6. The molecule has 0 unspecified atom stereocenters. The zero-order valence-electron chi connectivity index (χ0n) is 23.4. The van der Waals surface area contributed by atoms with Crippen molar-refractivity contribution < 1.29 is 35.9 Å². The Morgan fingerprint density at radius 3 is 2.07 bits per heavy atom. The van der Waals surface area contributed by atoms with E-state index in [1.165, 1.54) is 0 Å². The summed E-state index contributed by atoms with van der Waals surface area (Å²) >= 11 is 0. The number of nitrogens with one attached hydrogen (secondary N) is 2. The first-order valence-electron chi connectivity index (χ1n) is 13.5. The van der Waals surface area contributed by atoms with E-state index in [2.05, 4.69) is 10.3 Å². The van der Waals surface area contributed by atoms with Crippen molar-refractivity contribution in [3.63, 3.8) is 0 Å². The zero-order valence-corrected chi connectivity index (χ0v) is 23.4. The maximum atomic E-state index is 13.6. The summed E-state index contributed by atoms with van der Waals surface area (Å²) in [6.07, 6.45) is -7.77. The van der Waals surface area contributed by atoms with Crippen LogP contribution in [0.4, 0.5) is 36.8 Å². The van der Waals surface area contributed by atoms with Gasteiger partial charge >= 0.3 is 18.4 Å². The van der Waals surface area contributed by atoms with Gasteiger partial charge in [0.2, 0.25) is 5.91 Å². The van der Waals surface area contributed by atoms with Gasteiger partial charge < -0.3 is 20.1 Å². The number of nitrogens with zero attached hydrogens (tertiary/aromatic N) is 2. The van der Waals surface area contributed by atoms with Gasteiger partial charge in [0.1, 0.15) is 6.54 Å². The van der Waals surface area contributed by atoms with Crippen molar-refractivity contribution in [3.05, 3.63) is 101 Å². The summed E-state index contributed by atoms with van der Waals surface area (Å²) < 4.78 is 79.9. The number of hydrogen-bond donors (Lipinski definition) is 2. The average molecular weight is 605 g/mol. The molecule has 0 fully saturated rings. The lowest BCUT2D eigenvalue weighted by atomic mass is 10.1. The lowest BCUT2D eigenvalue weighted by Crippen LogP contribution is -2.47. The SMILES string of the molecule is CC(C)N(CC(=O)N(CCc1c[nH]c2ccccc12)Cc1ccccc1)C(=O)Nc1cc(C(F)(F)F)cc(C(F)(F)F)c1. The van der Waals surface area contributed by atoms with Crippen LogP contribution in [0.1, 0.15) is 36.1 Å². The number of H-pyrrole nitrogens is 1. The summed E-state index contributed by atoms with van der Waals surface area (Å²) in [6, 6.07) is 16.1. The summed E-state index contributed by atoms with van der Waals surface area (Å²) in [4.78, 5) is 32.6. The molecule has 3 aromatic carbocycles. The van der Waals surface area contributed by atoms with Crippen LogP contribution >= 0.6 is 0 Å². The fourth-order valence-electron chi connectivity index (χ4n) is 4.65. The normalized spacial score (nSPS) is 12.0. The Hall–Kier alpha value is -4.48. The van der Waals surface area contributed by atoms with E-state index in [-0.39, 0.29) is 12.6 Å². The number of urea groups is 1. The molecule has 0 saturated heterocycles. The van der Waals surface area contributed by atoms with Crippen LogP contribution in [0.25, 0.3) is 10.9 Å². The van der Waals surface area contributed by atoms with E-state index in [0.717, 1.165) is 26.9 Å². The third-order valence-corrected chi connectivity index (χ3v) is 6.92. The van der Waals surface area contributed by atoms with E-state index in [4.69, 9.17) is 0 Å². The molecule has 4 aromatic rings. The van der Waals surface area contributed by atoms with E-state index in [0.29, 0.717) is 25.1 Å². The number of para-hydroxylation sites is 1. The second-order valence-corrected chi connectivity index (χ2v) is 10.4. The minimum absolute atomic E-state index is 0.0193.